The smallest absolute Gasteiger partial charge is 0.175 e. The largest absolute Gasteiger partial charge is 0.488 e. The summed E-state index contributed by atoms with van der Waals surface area (Å²) in [6.07, 6.45) is 0. The zero-order chi connectivity index (χ0) is 15.4. The van der Waals surface area contributed by atoms with E-state index in [9.17, 15) is 0 Å². The van der Waals surface area contributed by atoms with Gasteiger partial charge in [-0.1, -0.05) is 35.0 Å². The highest BCUT2D eigenvalue weighted by Gasteiger charge is 2.14. The Balaban J connectivity index is 2.33. The van der Waals surface area contributed by atoms with Crippen molar-refractivity contribution in [1.29, 1.82) is 0 Å². The van der Waals surface area contributed by atoms with Crippen molar-refractivity contribution >= 4 is 17.4 Å². The van der Waals surface area contributed by atoms with Crippen LogP contribution < -0.4 is 10.5 Å². The Morgan fingerprint density at radius 3 is 2.76 bits per heavy atom. The van der Waals surface area contributed by atoms with Crippen LogP contribution in [-0.4, -0.2) is 16.0 Å². The number of hydrogen-bond acceptors (Lipinski definition) is 4. The number of oxime groups is 1. The maximum Gasteiger partial charge on any atom is 0.175 e. The van der Waals surface area contributed by atoms with Gasteiger partial charge in [0.1, 0.15) is 12.4 Å². The summed E-state index contributed by atoms with van der Waals surface area (Å²) < 4.78 is 5.79. The van der Waals surface area contributed by atoms with Gasteiger partial charge in [-0.2, -0.15) is 0 Å². The van der Waals surface area contributed by atoms with E-state index < -0.39 is 0 Å². The number of aromatic nitrogens is 1. The molecule has 0 aliphatic carbocycles. The topological polar surface area (TPSA) is 80.7 Å². The van der Waals surface area contributed by atoms with E-state index in [0.29, 0.717) is 22.0 Å². The number of aryl methyl sites for hydroxylation is 2. The van der Waals surface area contributed by atoms with Crippen molar-refractivity contribution in [3.05, 3.63) is 57.9 Å². The maximum atomic E-state index is 8.89. The summed E-state index contributed by atoms with van der Waals surface area (Å²) in [7, 11) is 0. The maximum absolute atomic E-state index is 8.89. The van der Waals surface area contributed by atoms with Gasteiger partial charge in [-0.3, -0.25) is 4.98 Å². The highest BCUT2D eigenvalue weighted by atomic mass is 35.5. The van der Waals surface area contributed by atoms with Gasteiger partial charge in [0.15, 0.2) is 5.84 Å². The molecule has 21 heavy (non-hydrogen) atoms. The number of halogens is 1. The second-order valence-electron chi connectivity index (χ2n) is 4.59. The van der Waals surface area contributed by atoms with Crippen molar-refractivity contribution in [2.75, 3.05) is 0 Å². The molecule has 5 nitrogen and oxygen atoms in total. The van der Waals surface area contributed by atoms with Crippen LogP contribution in [0.1, 0.15) is 22.5 Å². The van der Waals surface area contributed by atoms with Gasteiger partial charge in [-0.15, -0.1) is 0 Å². The van der Waals surface area contributed by atoms with Gasteiger partial charge < -0.3 is 15.7 Å². The van der Waals surface area contributed by atoms with E-state index in [0.717, 1.165) is 11.3 Å². The number of nitrogens with zero attached hydrogens (tertiary/aromatic N) is 2. The molecule has 2 rings (SSSR count). The van der Waals surface area contributed by atoms with E-state index >= 15 is 0 Å². The zero-order valence-corrected chi connectivity index (χ0v) is 12.6. The molecule has 0 aliphatic rings. The average Bonchev–Trinajstić information content (AvgIpc) is 2.45. The number of hydrogen-bond donors (Lipinski definition) is 2. The van der Waals surface area contributed by atoms with E-state index in [-0.39, 0.29) is 12.4 Å². The van der Waals surface area contributed by atoms with Crippen LogP contribution in [0.15, 0.2) is 35.5 Å². The fourth-order valence-electron chi connectivity index (χ4n) is 2.04. The number of pyridine rings is 1. The molecule has 0 bridgehead atoms. The predicted octanol–water partition coefficient (Wildman–Crippen LogP) is 3.03. The van der Waals surface area contributed by atoms with Crippen LogP contribution in [0.4, 0.5) is 0 Å². The first kappa shape index (κ1) is 15.1. The van der Waals surface area contributed by atoms with Crippen molar-refractivity contribution in [3.63, 3.8) is 0 Å². The van der Waals surface area contributed by atoms with Crippen LogP contribution in [0.5, 0.6) is 5.75 Å². The lowest BCUT2D eigenvalue weighted by Crippen LogP contribution is -2.17. The van der Waals surface area contributed by atoms with E-state index in [2.05, 4.69) is 10.1 Å². The lowest BCUT2D eigenvalue weighted by molar-refractivity contribution is 0.302. The molecule has 0 atom stereocenters. The van der Waals surface area contributed by atoms with E-state index in [1.807, 2.05) is 25.1 Å². The van der Waals surface area contributed by atoms with Gasteiger partial charge in [0.25, 0.3) is 0 Å². The Morgan fingerprint density at radius 2 is 2.10 bits per heavy atom. The summed E-state index contributed by atoms with van der Waals surface area (Å²) >= 11 is 6.10. The van der Waals surface area contributed by atoms with Gasteiger partial charge in [-0.05, 0) is 19.9 Å². The molecule has 110 valence electrons. The fourth-order valence-corrected chi connectivity index (χ4v) is 2.23. The molecule has 1 heterocycles. The summed E-state index contributed by atoms with van der Waals surface area (Å²) in [4.78, 5) is 4.30. The molecule has 0 aliphatic heterocycles. The number of amidine groups is 1. The lowest BCUT2D eigenvalue weighted by atomic mass is 10.1. The van der Waals surface area contributed by atoms with E-state index in [1.165, 1.54) is 0 Å². The van der Waals surface area contributed by atoms with Crippen molar-refractivity contribution in [2.45, 2.75) is 20.5 Å². The molecule has 0 saturated heterocycles. The standard InChI is InChI=1S/C15H16ClN3O2/c1-9-7-13(14(10(2)18-9)15(17)19-20)21-8-11-5-3-4-6-12(11)16/h3-7,20H,8H2,1-2H3,(H2,17,19). The molecule has 1 aromatic heterocycles. The highest BCUT2D eigenvalue weighted by molar-refractivity contribution is 6.31. The first-order valence-electron chi connectivity index (χ1n) is 6.35. The molecule has 1 aromatic carbocycles. The van der Waals surface area contributed by atoms with E-state index in [4.69, 9.17) is 27.3 Å². The molecular formula is C15H16ClN3O2. The molecule has 0 fully saturated rings. The van der Waals surface area contributed by atoms with Gasteiger partial charge in [0, 0.05) is 22.3 Å². The number of ether oxygens (including phenoxy) is 1. The van der Waals surface area contributed by atoms with Crippen molar-refractivity contribution in [3.8, 4) is 5.75 Å². The molecule has 0 amide bonds. The van der Waals surface area contributed by atoms with Crippen LogP contribution in [0.3, 0.4) is 0 Å². The van der Waals surface area contributed by atoms with Gasteiger partial charge in [0.2, 0.25) is 0 Å². The third-order valence-corrected chi connectivity index (χ3v) is 3.37. The number of benzene rings is 1. The summed E-state index contributed by atoms with van der Waals surface area (Å²) in [5.41, 5.74) is 8.46. The minimum absolute atomic E-state index is 0.0332. The molecule has 0 spiro atoms. The predicted molar refractivity (Wildman–Crippen MR) is 82.0 cm³/mol. The first-order valence-corrected chi connectivity index (χ1v) is 6.73. The van der Waals surface area contributed by atoms with Gasteiger partial charge >= 0.3 is 0 Å². The number of rotatable bonds is 4. The molecule has 6 heteroatoms. The Bertz CT molecular complexity index is 687. The molecular weight excluding hydrogens is 290 g/mol. The SMILES string of the molecule is Cc1cc(OCc2ccccc2Cl)c(/C(N)=N/O)c(C)n1. The van der Waals surface area contributed by atoms with Crippen molar-refractivity contribution in [1.82, 2.24) is 4.98 Å². The lowest BCUT2D eigenvalue weighted by Gasteiger charge is -2.14. The first-order chi connectivity index (χ1) is 10.0. The van der Waals surface area contributed by atoms with Crippen molar-refractivity contribution in [2.24, 2.45) is 10.9 Å². The summed E-state index contributed by atoms with van der Waals surface area (Å²) in [5, 5.41) is 12.6. The molecule has 2 aromatic rings. The quantitative estimate of drug-likeness (QED) is 0.394. The van der Waals surface area contributed by atoms with Crippen LogP contribution in [0.25, 0.3) is 0 Å². The van der Waals surface area contributed by atoms with Crippen LogP contribution in [-0.2, 0) is 6.61 Å². The van der Waals surface area contributed by atoms with Crippen molar-refractivity contribution < 1.29 is 9.94 Å². The molecule has 0 radical (unpaired) electrons. The summed E-state index contributed by atoms with van der Waals surface area (Å²) in [6, 6.07) is 9.17. The second kappa shape index (κ2) is 6.45. The van der Waals surface area contributed by atoms with Crippen LogP contribution in [0, 0.1) is 13.8 Å². The van der Waals surface area contributed by atoms with Gasteiger partial charge in [0.05, 0.1) is 11.3 Å². The summed E-state index contributed by atoms with van der Waals surface area (Å²) in [5.74, 6) is 0.476. The Kier molecular flexibility index (Phi) is 4.65. The minimum atomic E-state index is -0.0332. The third kappa shape index (κ3) is 3.44. The van der Waals surface area contributed by atoms with E-state index in [1.54, 1.807) is 19.1 Å². The zero-order valence-electron chi connectivity index (χ0n) is 11.8. The third-order valence-electron chi connectivity index (χ3n) is 3.00. The monoisotopic (exact) mass is 305 g/mol. The Labute approximate surface area is 128 Å². The molecule has 0 unspecified atom stereocenters. The second-order valence-corrected chi connectivity index (χ2v) is 4.99. The highest BCUT2D eigenvalue weighted by Crippen LogP contribution is 2.24. The minimum Gasteiger partial charge on any atom is -0.488 e. The Morgan fingerprint density at radius 1 is 1.38 bits per heavy atom. The van der Waals surface area contributed by atoms with Crippen LogP contribution in [0.2, 0.25) is 5.02 Å². The van der Waals surface area contributed by atoms with Gasteiger partial charge in [-0.25, -0.2) is 0 Å². The fraction of sp³-hybridized carbons (Fsp3) is 0.200. The normalized spacial score (nSPS) is 11.5. The molecule has 0 saturated carbocycles. The number of nitrogens with two attached hydrogens (primary N) is 1. The average molecular weight is 306 g/mol. The molecule has 3 N–H and O–H groups in total. The summed E-state index contributed by atoms with van der Waals surface area (Å²) in [6.45, 7) is 3.92. The Hall–Kier alpha value is -2.27. The van der Waals surface area contributed by atoms with Crippen LogP contribution >= 0.6 is 11.6 Å².